The van der Waals surface area contributed by atoms with Gasteiger partial charge in [-0.1, -0.05) is 13.0 Å². The van der Waals surface area contributed by atoms with Crippen molar-refractivity contribution in [2.24, 2.45) is 5.92 Å². The number of benzene rings is 1. The van der Waals surface area contributed by atoms with Crippen molar-refractivity contribution in [3.05, 3.63) is 67.0 Å². The van der Waals surface area contributed by atoms with E-state index in [1.54, 1.807) is 49.9 Å². The molecule has 186 valence electrons. The third kappa shape index (κ3) is 5.67. The first-order chi connectivity index (χ1) is 16.8. The van der Waals surface area contributed by atoms with Crippen LogP contribution < -0.4 is 4.74 Å². The zero-order valence-electron chi connectivity index (χ0n) is 20.2. The van der Waals surface area contributed by atoms with Gasteiger partial charge >= 0.3 is 0 Å². The van der Waals surface area contributed by atoms with E-state index >= 15 is 0 Å². The van der Waals surface area contributed by atoms with Crippen LogP contribution in [0, 0.1) is 5.92 Å². The number of aromatic nitrogens is 3. The number of nitrogens with zero attached hydrogens (tertiary/aromatic N) is 5. The fourth-order valence-corrected chi connectivity index (χ4v) is 6.09. The third-order valence-corrected chi connectivity index (χ3v) is 8.26. The summed E-state index contributed by atoms with van der Waals surface area (Å²) in [5.74, 6) is 0.174. The van der Waals surface area contributed by atoms with Gasteiger partial charge in [-0.05, 0) is 49.4 Å². The second-order valence-corrected chi connectivity index (χ2v) is 10.9. The molecule has 1 N–H and O–H groups in total. The van der Waals surface area contributed by atoms with Crippen LogP contribution in [0.5, 0.6) is 5.75 Å². The van der Waals surface area contributed by atoms with Crippen molar-refractivity contribution in [3.8, 4) is 16.9 Å². The molecule has 10 heteroatoms. The van der Waals surface area contributed by atoms with Gasteiger partial charge in [0, 0.05) is 61.9 Å². The lowest BCUT2D eigenvalue weighted by Crippen LogP contribution is -2.49. The van der Waals surface area contributed by atoms with Crippen LogP contribution >= 0.6 is 0 Å². The highest BCUT2D eigenvalue weighted by molar-refractivity contribution is 7.89. The lowest BCUT2D eigenvalue weighted by Gasteiger charge is -2.37. The monoisotopic (exact) mass is 497 g/mol. The molecule has 0 amide bonds. The van der Waals surface area contributed by atoms with Crippen LogP contribution in [0.1, 0.15) is 19.4 Å². The number of rotatable bonds is 7. The molecule has 0 saturated heterocycles. The number of likely N-dealkylation sites (N-methyl/N-ethyl adjacent to an activating group) is 1. The minimum absolute atomic E-state index is 0.103. The Morgan fingerprint density at radius 1 is 1.14 bits per heavy atom. The molecular formula is C25H31N5O4S. The highest BCUT2D eigenvalue weighted by Gasteiger charge is 2.38. The Morgan fingerprint density at radius 2 is 1.86 bits per heavy atom. The summed E-state index contributed by atoms with van der Waals surface area (Å²) in [6.45, 7) is 4.86. The van der Waals surface area contributed by atoms with E-state index in [0.29, 0.717) is 18.8 Å². The van der Waals surface area contributed by atoms with Crippen molar-refractivity contribution < 1.29 is 18.3 Å². The molecule has 0 fully saturated rings. The number of hydrogen-bond donors (Lipinski definition) is 1. The number of hydrogen-bond acceptors (Lipinski definition) is 8. The molecule has 1 aromatic carbocycles. The summed E-state index contributed by atoms with van der Waals surface area (Å²) >= 11 is 0. The SMILES string of the molecule is C[C@@H]1CN([C@H](C)CO)S(=O)(=O)c2ccc(-c3ccncc3)cc2O[C@H]1CN(C)Cc1cncnc1. The Labute approximate surface area is 206 Å². The molecule has 0 unspecified atom stereocenters. The molecule has 0 radical (unpaired) electrons. The first-order valence-corrected chi connectivity index (χ1v) is 13.0. The normalized spacial score (nSPS) is 20.9. The summed E-state index contributed by atoms with van der Waals surface area (Å²) in [4.78, 5) is 14.4. The Morgan fingerprint density at radius 3 is 2.54 bits per heavy atom. The first kappa shape index (κ1) is 25.2. The smallest absolute Gasteiger partial charge is 0.247 e. The molecule has 9 nitrogen and oxygen atoms in total. The molecule has 35 heavy (non-hydrogen) atoms. The highest BCUT2D eigenvalue weighted by Crippen LogP contribution is 2.36. The van der Waals surface area contributed by atoms with Crippen LogP contribution in [0.2, 0.25) is 0 Å². The standard InChI is InChI=1S/C25H31N5O4S/c1-18-13-30(19(2)16-31)35(32,33)25-5-4-22(21-6-8-26-9-7-21)10-23(25)34-24(18)15-29(3)14-20-11-27-17-28-12-20/h4-12,17-19,24,31H,13-16H2,1-3H3/t18-,19-,24+/m1/s1. The van der Waals surface area contributed by atoms with E-state index < -0.39 is 16.1 Å². The van der Waals surface area contributed by atoms with Gasteiger partial charge in [0.15, 0.2) is 0 Å². The zero-order valence-corrected chi connectivity index (χ0v) is 21.0. The Balaban J connectivity index is 1.72. The number of pyridine rings is 1. The maximum absolute atomic E-state index is 13.6. The molecule has 3 atom stereocenters. The molecule has 1 aliphatic heterocycles. The number of aliphatic hydroxyl groups is 1. The lowest BCUT2D eigenvalue weighted by molar-refractivity contribution is 0.0733. The Hall–Kier alpha value is -2.92. The largest absolute Gasteiger partial charge is 0.487 e. The van der Waals surface area contributed by atoms with Crippen LogP contribution in [0.4, 0.5) is 0 Å². The topological polar surface area (TPSA) is 109 Å². The molecule has 0 saturated carbocycles. The Bertz CT molecular complexity index is 1230. The minimum Gasteiger partial charge on any atom is -0.487 e. The molecule has 1 aliphatic rings. The van der Waals surface area contributed by atoms with Gasteiger partial charge in [0.1, 0.15) is 23.1 Å². The molecule has 4 rings (SSSR count). The number of ether oxygens (including phenoxy) is 1. The van der Waals surface area contributed by atoms with Crippen molar-refractivity contribution >= 4 is 10.0 Å². The molecular weight excluding hydrogens is 466 g/mol. The highest BCUT2D eigenvalue weighted by atomic mass is 32.2. The van der Waals surface area contributed by atoms with Crippen molar-refractivity contribution in [2.45, 2.75) is 37.4 Å². The fraction of sp³-hybridized carbons (Fsp3) is 0.400. The summed E-state index contributed by atoms with van der Waals surface area (Å²) < 4.78 is 35.1. The molecule has 3 heterocycles. The summed E-state index contributed by atoms with van der Waals surface area (Å²) in [5, 5.41) is 9.82. The van der Waals surface area contributed by atoms with Gasteiger partial charge in [-0.15, -0.1) is 0 Å². The zero-order chi connectivity index (χ0) is 25.0. The van der Waals surface area contributed by atoms with Crippen LogP contribution in [0.25, 0.3) is 11.1 Å². The lowest BCUT2D eigenvalue weighted by atomic mass is 10.0. The average molecular weight is 498 g/mol. The van der Waals surface area contributed by atoms with E-state index in [1.165, 1.54) is 10.6 Å². The number of fused-ring (bicyclic) bond motifs is 1. The van der Waals surface area contributed by atoms with E-state index in [2.05, 4.69) is 19.9 Å². The van der Waals surface area contributed by atoms with Gasteiger partial charge in [-0.2, -0.15) is 4.31 Å². The minimum atomic E-state index is -3.88. The summed E-state index contributed by atoms with van der Waals surface area (Å²) in [7, 11) is -1.89. The quantitative estimate of drug-likeness (QED) is 0.530. The van der Waals surface area contributed by atoms with Gasteiger partial charge in [-0.25, -0.2) is 18.4 Å². The summed E-state index contributed by atoms with van der Waals surface area (Å²) in [6.07, 6.45) is 8.15. The number of sulfonamides is 1. The predicted octanol–water partition coefficient (Wildman–Crippen LogP) is 2.44. The van der Waals surface area contributed by atoms with E-state index in [9.17, 15) is 13.5 Å². The third-order valence-electron chi connectivity index (χ3n) is 6.24. The second-order valence-electron chi connectivity index (χ2n) is 9.08. The molecule has 0 aliphatic carbocycles. The van der Waals surface area contributed by atoms with Gasteiger partial charge in [0.2, 0.25) is 10.0 Å². The van der Waals surface area contributed by atoms with E-state index in [1.807, 2.05) is 26.1 Å². The Kier molecular flexibility index (Phi) is 7.75. The summed E-state index contributed by atoms with van der Waals surface area (Å²) in [6, 6.07) is 8.33. The van der Waals surface area contributed by atoms with E-state index in [4.69, 9.17) is 4.74 Å². The second kappa shape index (κ2) is 10.8. The van der Waals surface area contributed by atoms with Crippen molar-refractivity contribution in [1.82, 2.24) is 24.2 Å². The van der Waals surface area contributed by atoms with Crippen molar-refractivity contribution in [1.29, 1.82) is 0 Å². The van der Waals surface area contributed by atoms with E-state index in [-0.39, 0.29) is 30.1 Å². The van der Waals surface area contributed by atoms with Crippen molar-refractivity contribution in [2.75, 3.05) is 26.7 Å². The van der Waals surface area contributed by atoms with Gasteiger partial charge in [0.25, 0.3) is 0 Å². The predicted molar refractivity (Wildman–Crippen MR) is 132 cm³/mol. The van der Waals surface area contributed by atoms with Crippen LogP contribution in [-0.4, -0.2) is 76.6 Å². The molecule has 2 aromatic heterocycles. The van der Waals surface area contributed by atoms with Crippen LogP contribution in [0.15, 0.2) is 66.3 Å². The van der Waals surface area contributed by atoms with Crippen molar-refractivity contribution in [3.63, 3.8) is 0 Å². The maximum atomic E-state index is 13.6. The first-order valence-electron chi connectivity index (χ1n) is 11.6. The number of aliphatic hydroxyl groups excluding tert-OH is 1. The fourth-order valence-electron chi connectivity index (χ4n) is 4.26. The molecule has 0 bridgehead atoms. The van der Waals surface area contributed by atoms with Crippen LogP contribution in [-0.2, 0) is 16.6 Å². The maximum Gasteiger partial charge on any atom is 0.247 e. The average Bonchev–Trinajstić information content (AvgIpc) is 2.86. The molecule has 3 aromatic rings. The van der Waals surface area contributed by atoms with E-state index in [0.717, 1.165) is 16.7 Å². The van der Waals surface area contributed by atoms with Gasteiger partial charge < -0.3 is 9.84 Å². The summed E-state index contributed by atoms with van der Waals surface area (Å²) in [5.41, 5.74) is 2.73. The van der Waals surface area contributed by atoms with Crippen LogP contribution in [0.3, 0.4) is 0 Å². The van der Waals surface area contributed by atoms with Gasteiger partial charge in [0.05, 0.1) is 6.61 Å². The van der Waals surface area contributed by atoms with Gasteiger partial charge in [-0.3, -0.25) is 9.88 Å². The molecule has 0 spiro atoms.